The maximum Gasteiger partial charge on any atom is 0.228 e. The summed E-state index contributed by atoms with van der Waals surface area (Å²) in [5.74, 6) is -1.20. The molecule has 0 aliphatic rings. The van der Waals surface area contributed by atoms with E-state index in [9.17, 15) is 9.59 Å². The third kappa shape index (κ3) is 4.93. The molecule has 2 N–H and O–H groups in total. The van der Waals surface area contributed by atoms with Gasteiger partial charge in [0.2, 0.25) is 5.91 Å². The Hall–Kier alpha value is -0.510. The van der Waals surface area contributed by atoms with Crippen molar-refractivity contribution in [2.75, 3.05) is 5.75 Å². The molecule has 4 heteroatoms. The zero-order chi connectivity index (χ0) is 10.3. The molecule has 0 aromatic rings. The van der Waals surface area contributed by atoms with Crippen LogP contribution in [0.3, 0.4) is 0 Å². The minimum Gasteiger partial charge on any atom is -0.369 e. The summed E-state index contributed by atoms with van der Waals surface area (Å²) in [7, 11) is 0. The molecule has 0 saturated heterocycles. The van der Waals surface area contributed by atoms with Gasteiger partial charge in [0.15, 0.2) is 5.78 Å². The number of ketones is 1. The predicted octanol–water partition coefficient (Wildman–Crippen LogP) is 1.17. The average molecular weight is 203 g/mol. The summed E-state index contributed by atoms with van der Waals surface area (Å²) in [4.78, 5) is 22.0. The lowest BCUT2D eigenvalue weighted by Gasteiger charge is -2.09. The Labute approximate surface area is 84.5 Å². The van der Waals surface area contributed by atoms with Crippen molar-refractivity contribution in [2.45, 2.75) is 32.6 Å². The highest BCUT2D eigenvalue weighted by molar-refractivity contribution is 7.81. The van der Waals surface area contributed by atoms with Crippen LogP contribution in [-0.2, 0) is 9.59 Å². The van der Waals surface area contributed by atoms with Crippen LogP contribution >= 0.6 is 12.6 Å². The van der Waals surface area contributed by atoms with Gasteiger partial charge in [-0.05, 0) is 6.42 Å². The molecule has 0 spiro atoms. The predicted molar refractivity (Wildman–Crippen MR) is 55.7 cm³/mol. The first kappa shape index (κ1) is 12.5. The number of hydrogen-bond donors (Lipinski definition) is 2. The smallest absolute Gasteiger partial charge is 0.228 e. The highest BCUT2D eigenvalue weighted by Gasteiger charge is 2.21. The zero-order valence-corrected chi connectivity index (χ0v) is 8.85. The summed E-state index contributed by atoms with van der Waals surface area (Å²) in [6.45, 7) is 2.07. The minimum absolute atomic E-state index is 0.0970. The molecule has 0 aliphatic heterocycles. The molecule has 1 unspecified atom stereocenters. The average Bonchev–Trinajstić information content (AvgIpc) is 2.11. The Morgan fingerprint density at radius 2 is 2.00 bits per heavy atom. The van der Waals surface area contributed by atoms with Crippen LogP contribution in [0.2, 0.25) is 0 Å². The van der Waals surface area contributed by atoms with Gasteiger partial charge in [0, 0.05) is 0 Å². The fourth-order valence-electron chi connectivity index (χ4n) is 1.17. The van der Waals surface area contributed by atoms with E-state index in [1.165, 1.54) is 0 Å². The van der Waals surface area contributed by atoms with E-state index in [1.807, 2.05) is 0 Å². The number of thiol groups is 1. The second kappa shape index (κ2) is 6.95. The molecule has 1 atom stereocenters. The number of amides is 1. The van der Waals surface area contributed by atoms with Crippen LogP contribution in [0, 0.1) is 5.92 Å². The van der Waals surface area contributed by atoms with Crippen molar-refractivity contribution in [3.05, 3.63) is 0 Å². The molecule has 0 aromatic carbocycles. The normalized spacial score (nSPS) is 12.5. The molecule has 0 heterocycles. The topological polar surface area (TPSA) is 60.2 Å². The van der Waals surface area contributed by atoms with Gasteiger partial charge in [-0.2, -0.15) is 12.6 Å². The van der Waals surface area contributed by atoms with Gasteiger partial charge in [-0.3, -0.25) is 9.59 Å². The lowest BCUT2D eigenvalue weighted by atomic mass is 9.97. The first-order chi connectivity index (χ1) is 6.13. The van der Waals surface area contributed by atoms with Crippen molar-refractivity contribution >= 4 is 24.3 Å². The van der Waals surface area contributed by atoms with Crippen LogP contribution in [0.15, 0.2) is 0 Å². The van der Waals surface area contributed by atoms with Crippen molar-refractivity contribution in [3.63, 3.8) is 0 Å². The number of carbonyl (C=O) groups is 2. The Kier molecular flexibility index (Phi) is 6.68. The molecule has 0 fully saturated rings. The van der Waals surface area contributed by atoms with Crippen LogP contribution < -0.4 is 5.73 Å². The monoisotopic (exact) mass is 203 g/mol. The van der Waals surface area contributed by atoms with Gasteiger partial charge in [0.25, 0.3) is 0 Å². The molecule has 0 rings (SSSR count). The van der Waals surface area contributed by atoms with E-state index in [0.717, 1.165) is 19.3 Å². The number of carbonyl (C=O) groups excluding carboxylic acids is 2. The third-order valence-corrected chi connectivity index (χ3v) is 2.30. The van der Waals surface area contributed by atoms with Crippen molar-refractivity contribution in [1.82, 2.24) is 0 Å². The fourth-order valence-corrected chi connectivity index (χ4v) is 1.39. The number of nitrogens with two attached hydrogens (primary N) is 1. The molecule has 3 nitrogen and oxygen atoms in total. The van der Waals surface area contributed by atoms with Gasteiger partial charge in [0.05, 0.1) is 11.7 Å². The van der Waals surface area contributed by atoms with Crippen LogP contribution in [0.5, 0.6) is 0 Å². The lowest BCUT2D eigenvalue weighted by Crippen LogP contribution is -2.31. The molecule has 0 radical (unpaired) electrons. The molecule has 1 amide bonds. The Balaban J connectivity index is 3.95. The molecule has 76 valence electrons. The standard InChI is InChI=1S/C9H17NO2S/c1-2-3-4-5-7(9(10)12)8(11)6-13/h7,13H,2-6H2,1H3,(H2,10,12). The number of Topliss-reactive ketones (excluding diaryl/α,β-unsaturated/α-hetero) is 1. The largest absolute Gasteiger partial charge is 0.369 e. The first-order valence-electron chi connectivity index (χ1n) is 4.56. The maximum atomic E-state index is 11.2. The van der Waals surface area contributed by atoms with E-state index in [1.54, 1.807) is 0 Å². The van der Waals surface area contributed by atoms with Crippen molar-refractivity contribution in [2.24, 2.45) is 11.7 Å². The Morgan fingerprint density at radius 3 is 2.38 bits per heavy atom. The highest BCUT2D eigenvalue weighted by atomic mass is 32.1. The van der Waals surface area contributed by atoms with Gasteiger partial charge in [-0.15, -0.1) is 0 Å². The summed E-state index contributed by atoms with van der Waals surface area (Å²) < 4.78 is 0. The van der Waals surface area contributed by atoms with E-state index in [0.29, 0.717) is 6.42 Å². The van der Waals surface area contributed by atoms with E-state index in [-0.39, 0.29) is 11.5 Å². The highest BCUT2D eigenvalue weighted by Crippen LogP contribution is 2.11. The van der Waals surface area contributed by atoms with Crippen molar-refractivity contribution in [1.29, 1.82) is 0 Å². The molecule has 0 aliphatic carbocycles. The number of hydrogen-bond acceptors (Lipinski definition) is 3. The molecule has 0 saturated carbocycles. The van der Waals surface area contributed by atoms with Crippen LogP contribution in [0.25, 0.3) is 0 Å². The summed E-state index contributed by atoms with van der Waals surface area (Å²) in [6, 6.07) is 0. The van der Waals surface area contributed by atoms with Crippen LogP contribution in [-0.4, -0.2) is 17.4 Å². The second-order valence-corrected chi connectivity index (χ2v) is 3.39. The lowest BCUT2D eigenvalue weighted by molar-refractivity contribution is -0.131. The molecule has 0 aromatic heterocycles. The summed E-state index contributed by atoms with van der Waals surface area (Å²) >= 11 is 3.84. The number of unbranched alkanes of at least 4 members (excludes halogenated alkanes) is 2. The van der Waals surface area contributed by atoms with Crippen molar-refractivity contribution < 1.29 is 9.59 Å². The van der Waals surface area contributed by atoms with Gasteiger partial charge in [-0.1, -0.05) is 26.2 Å². The summed E-state index contributed by atoms with van der Waals surface area (Å²) in [5, 5.41) is 0. The Bertz CT molecular complexity index is 182. The summed E-state index contributed by atoms with van der Waals surface area (Å²) in [6.07, 6.45) is 3.55. The van der Waals surface area contributed by atoms with Crippen LogP contribution in [0.1, 0.15) is 32.6 Å². The summed E-state index contributed by atoms with van der Waals surface area (Å²) in [5.41, 5.74) is 5.10. The quantitative estimate of drug-likeness (QED) is 0.370. The van der Waals surface area contributed by atoms with E-state index in [2.05, 4.69) is 19.6 Å². The van der Waals surface area contributed by atoms with Gasteiger partial charge < -0.3 is 5.73 Å². The molecular weight excluding hydrogens is 186 g/mol. The van der Waals surface area contributed by atoms with E-state index >= 15 is 0 Å². The minimum atomic E-state index is -0.621. The Morgan fingerprint density at radius 1 is 1.38 bits per heavy atom. The third-order valence-electron chi connectivity index (χ3n) is 1.98. The second-order valence-electron chi connectivity index (χ2n) is 3.08. The van der Waals surface area contributed by atoms with Gasteiger partial charge in [0.1, 0.15) is 0 Å². The van der Waals surface area contributed by atoms with E-state index < -0.39 is 11.8 Å². The SMILES string of the molecule is CCCCCC(C(N)=O)C(=O)CS. The number of rotatable bonds is 7. The van der Waals surface area contributed by atoms with E-state index in [4.69, 9.17) is 5.73 Å². The molecule has 13 heavy (non-hydrogen) atoms. The first-order valence-corrected chi connectivity index (χ1v) is 5.19. The van der Waals surface area contributed by atoms with Gasteiger partial charge in [-0.25, -0.2) is 0 Å². The number of primary amides is 1. The molecular formula is C9H17NO2S. The van der Waals surface area contributed by atoms with Crippen molar-refractivity contribution in [3.8, 4) is 0 Å². The maximum absolute atomic E-state index is 11.2. The fraction of sp³-hybridized carbons (Fsp3) is 0.778. The zero-order valence-electron chi connectivity index (χ0n) is 7.95. The van der Waals surface area contributed by atoms with Gasteiger partial charge >= 0.3 is 0 Å². The molecule has 0 bridgehead atoms. The van der Waals surface area contributed by atoms with Crippen LogP contribution in [0.4, 0.5) is 0 Å².